The highest BCUT2D eigenvalue weighted by molar-refractivity contribution is 7.20. The van der Waals surface area contributed by atoms with E-state index in [1.165, 1.54) is 16.9 Å². The first-order valence-corrected chi connectivity index (χ1v) is 10.3. The molecule has 2 aromatic heterocycles. The standard InChI is InChI=1S/C23H22N4OS/c1-15(2)18-11-9-17(10-12-18)14-24-25-22(28)21-13-20-16(3)26-27(23(20)29-21)19-7-5-4-6-8-19/h4-15H,1-3H3,(H,25,28)/b24-14-. The van der Waals surface area contributed by atoms with Gasteiger partial charge in [0.15, 0.2) is 0 Å². The lowest BCUT2D eigenvalue weighted by Crippen LogP contribution is -2.16. The Hall–Kier alpha value is -3.25. The zero-order chi connectivity index (χ0) is 20.4. The monoisotopic (exact) mass is 402 g/mol. The molecule has 2 heterocycles. The number of rotatable bonds is 5. The summed E-state index contributed by atoms with van der Waals surface area (Å²) in [7, 11) is 0. The highest BCUT2D eigenvalue weighted by Crippen LogP contribution is 2.30. The van der Waals surface area contributed by atoms with Crippen molar-refractivity contribution in [1.29, 1.82) is 0 Å². The molecule has 29 heavy (non-hydrogen) atoms. The van der Waals surface area contributed by atoms with Gasteiger partial charge >= 0.3 is 0 Å². The van der Waals surface area contributed by atoms with Crippen molar-refractivity contribution >= 4 is 33.7 Å². The summed E-state index contributed by atoms with van der Waals surface area (Å²) < 4.78 is 1.88. The minimum absolute atomic E-state index is 0.222. The summed E-state index contributed by atoms with van der Waals surface area (Å²) in [6.45, 7) is 6.27. The number of benzene rings is 2. The maximum absolute atomic E-state index is 12.6. The van der Waals surface area contributed by atoms with E-state index in [2.05, 4.69) is 41.6 Å². The predicted molar refractivity (Wildman–Crippen MR) is 119 cm³/mol. The molecule has 4 rings (SSSR count). The molecule has 1 amide bonds. The number of hydrogen-bond donors (Lipinski definition) is 1. The molecular formula is C23H22N4OS. The molecule has 6 heteroatoms. The SMILES string of the molecule is Cc1nn(-c2ccccc2)c2sc(C(=O)N/N=C\c3ccc(C(C)C)cc3)cc12. The third kappa shape index (κ3) is 3.98. The van der Waals surface area contributed by atoms with E-state index in [0.29, 0.717) is 10.8 Å². The van der Waals surface area contributed by atoms with Gasteiger partial charge in [-0.1, -0.05) is 56.3 Å². The Labute approximate surface area is 173 Å². The molecule has 0 aliphatic heterocycles. The number of para-hydroxylation sites is 1. The van der Waals surface area contributed by atoms with E-state index in [1.807, 2.05) is 60.1 Å². The number of nitrogens with one attached hydrogen (secondary N) is 1. The van der Waals surface area contributed by atoms with Crippen LogP contribution < -0.4 is 5.43 Å². The summed E-state index contributed by atoms with van der Waals surface area (Å²) in [6.07, 6.45) is 1.66. The largest absolute Gasteiger partial charge is 0.281 e. The molecule has 0 bridgehead atoms. The highest BCUT2D eigenvalue weighted by atomic mass is 32.1. The zero-order valence-electron chi connectivity index (χ0n) is 16.6. The van der Waals surface area contributed by atoms with Crippen molar-refractivity contribution in [3.8, 4) is 5.69 Å². The van der Waals surface area contributed by atoms with Crippen LogP contribution in [0.2, 0.25) is 0 Å². The van der Waals surface area contributed by atoms with E-state index in [0.717, 1.165) is 27.2 Å². The van der Waals surface area contributed by atoms with Crippen molar-refractivity contribution in [3.05, 3.63) is 82.4 Å². The van der Waals surface area contributed by atoms with E-state index in [4.69, 9.17) is 0 Å². The molecule has 0 aliphatic rings. The molecular weight excluding hydrogens is 380 g/mol. The first-order chi connectivity index (χ1) is 14.0. The fourth-order valence-corrected chi connectivity index (χ4v) is 4.16. The summed E-state index contributed by atoms with van der Waals surface area (Å²) in [4.78, 5) is 14.1. The topological polar surface area (TPSA) is 59.3 Å². The maximum Gasteiger partial charge on any atom is 0.281 e. The van der Waals surface area contributed by atoms with Crippen LogP contribution >= 0.6 is 11.3 Å². The van der Waals surface area contributed by atoms with Gasteiger partial charge in [-0.05, 0) is 42.2 Å². The van der Waals surface area contributed by atoms with Crippen molar-refractivity contribution in [2.45, 2.75) is 26.7 Å². The van der Waals surface area contributed by atoms with E-state index in [1.54, 1.807) is 6.21 Å². The van der Waals surface area contributed by atoms with Crippen LogP contribution in [0.1, 0.15) is 46.3 Å². The van der Waals surface area contributed by atoms with E-state index in [9.17, 15) is 4.79 Å². The Kier molecular flexibility index (Phi) is 5.27. The molecule has 4 aromatic rings. The predicted octanol–water partition coefficient (Wildman–Crippen LogP) is 5.28. The Morgan fingerprint density at radius 3 is 2.55 bits per heavy atom. The summed E-state index contributed by atoms with van der Waals surface area (Å²) in [5.41, 5.74) is 6.72. The fourth-order valence-electron chi connectivity index (χ4n) is 3.09. The lowest BCUT2D eigenvalue weighted by Gasteiger charge is -2.04. The van der Waals surface area contributed by atoms with Gasteiger partial charge in [-0.15, -0.1) is 11.3 Å². The van der Waals surface area contributed by atoms with Gasteiger partial charge in [0.25, 0.3) is 5.91 Å². The first-order valence-electron chi connectivity index (χ1n) is 9.51. The van der Waals surface area contributed by atoms with Crippen molar-refractivity contribution in [2.75, 3.05) is 0 Å². The molecule has 0 unspecified atom stereocenters. The van der Waals surface area contributed by atoms with Gasteiger partial charge in [0.2, 0.25) is 0 Å². The normalized spacial score (nSPS) is 11.6. The second kappa shape index (κ2) is 8.01. The van der Waals surface area contributed by atoms with Crippen LogP contribution in [-0.4, -0.2) is 21.9 Å². The first kappa shape index (κ1) is 19.1. The number of nitrogens with zero attached hydrogens (tertiary/aromatic N) is 3. The van der Waals surface area contributed by atoms with Crippen molar-refractivity contribution in [2.24, 2.45) is 5.10 Å². The molecule has 0 aliphatic carbocycles. The molecule has 0 radical (unpaired) electrons. The molecule has 0 spiro atoms. The number of hydrogen-bond acceptors (Lipinski definition) is 4. The highest BCUT2D eigenvalue weighted by Gasteiger charge is 2.16. The third-order valence-electron chi connectivity index (χ3n) is 4.75. The number of carbonyl (C=O) groups excluding carboxylic acids is 1. The number of hydrazone groups is 1. The van der Waals surface area contributed by atoms with Crippen LogP contribution in [-0.2, 0) is 0 Å². The van der Waals surface area contributed by atoms with Crippen LogP contribution in [0.25, 0.3) is 15.9 Å². The van der Waals surface area contributed by atoms with Crippen molar-refractivity contribution < 1.29 is 4.79 Å². The Morgan fingerprint density at radius 1 is 1.14 bits per heavy atom. The number of aryl methyl sites for hydroxylation is 1. The fraction of sp³-hybridized carbons (Fsp3) is 0.174. The van der Waals surface area contributed by atoms with E-state index < -0.39 is 0 Å². The summed E-state index contributed by atoms with van der Waals surface area (Å²) in [5, 5.41) is 9.70. The number of thiophene rings is 1. The molecule has 5 nitrogen and oxygen atoms in total. The van der Waals surface area contributed by atoms with Gasteiger partial charge in [-0.3, -0.25) is 4.79 Å². The quantitative estimate of drug-likeness (QED) is 0.365. The van der Waals surface area contributed by atoms with E-state index >= 15 is 0 Å². The second-order valence-corrected chi connectivity index (χ2v) is 8.21. The van der Waals surface area contributed by atoms with Crippen molar-refractivity contribution in [1.82, 2.24) is 15.2 Å². The lowest BCUT2D eigenvalue weighted by atomic mass is 10.0. The van der Waals surface area contributed by atoms with Gasteiger partial charge < -0.3 is 0 Å². The lowest BCUT2D eigenvalue weighted by molar-refractivity contribution is 0.0959. The van der Waals surface area contributed by atoms with Gasteiger partial charge in [-0.2, -0.15) is 10.2 Å². The van der Waals surface area contributed by atoms with Crippen LogP contribution in [0, 0.1) is 6.92 Å². The molecule has 1 N–H and O–H groups in total. The van der Waals surface area contributed by atoms with E-state index in [-0.39, 0.29) is 5.91 Å². The smallest absolute Gasteiger partial charge is 0.266 e. The third-order valence-corrected chi connectivity index (χ3v) is 5.86. The van der Waals surface area contributed by atoms with Gasteiger partial charge in [-0.25, -0.2) is 10.1 Å². The minimum Gasteiger partial charge on any atom is -0.266 e. The number of fused-ring (bicyclic) bond motifs is 1. The number of carbonyl (C=O) groups is 1. The van der Waals surface area contributed by atoms with Crippen molar-refractivity contribution in [3.63, 3.8) is 0 Å². The maximum atomic E-state index is 12.6. The number of aromatic nitrogens is 2. The van der Waals surface area contributed by atoms with Crippen LogP contribution in [0.3, 0.4) is 0 Å². The Morgan fingerprint density at radius 2 is 1.86 bits per heavy atom. The number of amides is 1. The Bertz CT molecular complexity index is 1170. The summed E-state index contributed by atoms with van der Waals surface area (Å²) in [6, 6.07) is 20.0. The average Bonchev–Trinajstić information content (AvgIpc) is 3.30. The average molecular weight is 403 g/mol. The molecule has 146 valence electrons. The van der Waals surface area contributed by atoms with Crippen LogP contribution in [0.5, 0.6) is 0 Å². The summed E-state index contributed by atoms with van der Waals surface area (Å²) in [5.74, 6) is 0.268. The van der Waals surface area contributed by atoms with Gasteiger partial charge in [0, 0.05) is 5.39 Å². The molecule has 2 aromatic carbocycles. The van der Waals surface area contributed by atoms with Gasteiger partial charge in [0.1, 0.15) is 4.83 Å². The molecule has 0 saturated carbocycles. The Balaban J connectivity index is 1.52. The molecule has 0 fully saturated rings. The zero-order valence-corrected chi connectivity index (χ0v) is 17.4. The summed E-state index contributed by atoms with van der Waals surface area (Å²) >= 11 is 1.41. The van der Waals surface area contributed by atoms with Gasteiger partial charge in [0.05, 0.1) is 22.5 Å². The van der Waals surface area contributed by atoms with Crippen LogP contribution in [0.4, 0.5) is 0 Å². The molecule has 0 saturated heterocycles. The minimum atomic E-state index is -0.222. The molecule has 0 atom stereocenters. The second-order valence-electron chi connectivity index (χ2n) is 7.18. The van der Waals surface area contributed by atoms with Crippen LogP contribution in [0.15, 0.2) is 65.8 Å².